The van der Waals surface area contributed by atoms with E-state index in [1.54, 1.807) is 11.3 Å². The molecule has 1 N–H and O–H groups in total. The quantitative estimate of drug-likeness (QED) is 0.865. The summed E-state index contributed by atoms with van der Waals surface area (Å²) >= 11 is 5.41. The van der Waals surface area contributed by atoms with E-state index in [1.165, 1.54) is 9.35 Å². The summed E-state index contributed by atoms with van der Waals surface area (Å²) in [4.78, 5) is 1.38. The van der Waals surface area contributed by atoms with E-state index in [2.05, 4.69) is 60.4 Å². The lowest BCUT2D eigenvalue weighted by atomic mass is 9.64. The minimum Gasteiger partial charge on any atom is -0.378 e. The van der Waals surface area contributed by atoms with Crippen molar-refractivity contribution in [3.05, 3.63) is 20.8 Å². The molecule has 1 heterocycles. The summed E-state index contributed by atoms with van der Waals surface area (Å²) in [6.07, 6.45) is 1.52. The first-order valence-electron chi connectivity index (χ1n) is 6.57. The van der Waals surface area contributed by atoms with E-state index >= 15 is 0 Å². The SMILES string of the molecule is CCOC1CC(NC(C)c2sccc2Br)C1(C)C. The number of rotatable bonds is 5. The minimum absolute atomic E-state index is 0.230. The second kappa shape index (κ2) is 5.61. The average molecular weight is 332 g/mol. The summed E-state index contributed by atoms with van der Waals surface area (Å²) in [7, 11) is 0. The minimum atomic E-state index is 0.230. The summed E-state index contributed by atoms with van der Waals surface area (Å²) in [5.41, 5.74) is 0.230. The highest BCUT2D eigenvalue weighted by molar-refractivity contribution is 9.10. The molecule has 102 valence electrons. The Hall–Kier alpha value is 0.100. The molecule has 0 aromatic carbocycles. The molecular formula is C14H22BrNOS. The van der Waals surface area contributed by atoms with Crippen LogP contribution in [0.25, 0.3) is 0 Å². The fourth-order valence-electron chi connectivity index (χ4n) is 2.64. The van der Waals surface area contributed by atoms with Gasteiger partial charge in [0.1, 0.15) is 0 Å². The zero-order valence-corrected chi connectivity index (χ0v) is 13.9. The van der Waals surface area contributed by atoms with Gasteiger partial charge in [-0.3, -0.25) is 0 Å². The first-order valence-corrected chi connectivity index (χ1v) is 8.24. The zero-order chi connectivity index (χ0) is 13.3. The van der Waals surface area contributed by atoms with Crippen LogP contribution in [0.4, 0.5) is 0 Å². The van der Waals surface area contributed by atoms with Gasteiger partial charge >= 0.3 is 0 Å². The maximum atomic E-state index is 5.77. The summed E-state index contributed by atoms with van der Waals surface area (Å²) in [5.74, 6) is 0. The molecule has 0 spiro atoms. The highest BCUT2D eigenvalue weighted by Crippen LogP contribution is 2.44. The highest BCUT2D eigenvalue weighted by atomic mass is 79.9. The van der Waals surface area contributed by atoms with Crippen molar-refractivity contribution < 1.29 is 4.74 Å². The largest absolute Gasteiger partial charge is 0.378 e. The van der Waals surface area contributed by atoms with Crippen molar-refractivity contribution in [1.29, 1.82) is 0 Å². The number of hydrogen-bond donors (Lipinski definition) is 1. The third-order valence-corrected chi connectivity index (χ3v) is 6.09. The zero-order valence-electron chi connectivity index (χ0n) is 11.5. The Labute approximate surface area is 122 Å². The molecule has 0 aliphatic heterocycles. The first-order chi connectivity index (χ1) is 8.46. The lowest BCUT2D eigenvalue weighted by Gasteiger charge is -2.52. The molecule has 1 saturated carbocycles. The van der Waals surface area contributed by atoms with Gasteiger partial charge < -0.3 is 10.1 Å². The molecule has 3 atom stereocenters. The van der Waals surface area contributed by atoms with Gasteiger partial charge in [0, 0.05) is 33.5 Å². The van der Waals surface area contributed by atoms with Crippen LogP contribution in [0.15, 0.2) is 15.9 Å². The van der Waals surface area contributed by atoms with Gasteiger partial charge in [-0.15, -0.1) is 11.3 Å². The monoisotopic (exact) mass is 331 g/mol. The number of thiophene rings is 1. The van der Waals surface area contributed by atoms with Crippen molar-refractivity contribution in [3.8, 4) is 0 Å². The van der Waals surface area contributed by atoms with Crippen molar-refractivity contribution in [2.45, 2.75) is 52.3 Å². The van der Waals surface area contributed by atoms with Crippen LogP contribution in [0.3, 0.4) is 0 Å². The molecule has 0 saturated heterocycles. The van der Waals surface area contributed by atoms with E-state index in [0.29, 0.717) is 18.2 Å². The summed E-state index contributed by atoms with van der Waals surface area (Å²) in [6.45, 7) is 9.71. The first kappa shape index (κ1) is 14.5. The molecule has 18 heavy (non-hydrogen) atoms. The number of nitrogens with one attached hydrogen (secondary N) is 1. The molecule has 3 unspecified atom stereocenters. The third kappa shape index (κ3) is 2.67. The van der Waals surface area contributed by atoms with Crippen molar-refractivity contribution in [2.24, 2.45) is 5.41 Å². The normalized spacial score (nSPS) is 27.8. The average Bonchev–Trinajstić information content (AvgIpc) is 2.74. The van der Waals surface area contributed by atoms with Crippen molar-refractivity contribution in [1.82, 2.24) is 5.32 Å². The smallest absolute Gasteiger partial charge is 0.0655 e. The van der Waals surface area contributed by atoms with Gasteiger partial charge in [-0.2, -0.15) is 0 Å². The molecule has 1 aliphatic rings. The van der Waals surface area contributed by atoms with Crippen LogP contribution >= 0.6 is 27.3 Å². The predicted octanol–water partition coefficient (Wildman–Crippen LogP) is 4.36. The van der Waals surface area contributed by atoms with Gasteiger partial charge in [0.25, 0.3) is 0 Å². The molecule has 1 fully saturated rings. The summed E-state index contributed by atoms with van der Waals surface area (Å²) < 4.78 is 6.99. The summed E-state index contributed by atoms with van der Waals surface area (Å²) in [5, 5.41) is 5.87. The Morgan fingerprint density at radius 2 is 2.33 bits per heavy atom. The molecule has 1 aliphatic carbocycles. The van der Waals surface area contributed by atoms with Crippen molar-refractivity contribution >= 4 is 27.3 Å². The molecule has 0 amide bonds. The number of hydrogen-bond acceptors (Lipinski definition) is 3. The van der Waals surface area contributed by atoms with Crippen LogP contribution in [0.5, 0.6) is 0 Å². The Morgan fingerprint density at radius 1 is 1.61 bits per heavy atom. The maximum Gasteiger partial charge on any atom is 0.0655 e. The van der Waals surface area contributed by atoms with Crippen molar-refractivity contribution in [3.63, 3.8) is 0 Å². The topological polar surface area (TPSA) is 21.3 Å². The third-order valence-electron chi connectivity index (χ3n) is 4.03. The van der Waals surface area contributed by atoms with Crippen LogP contribution < -0.4 is 5.32 Å². The number of ether oxygens (including phenoxy) is 1. The van der Waals surface area contributed by atoms with Crippen molar-refractivity contribution in [2.75, 3.05) is 6.61 Å². The predicted molar refractivity (Wildman–Crippen MR) is 81.2 cm³/mol. The van der Waals surface area contributed by atoms with E-state index < -0.39 is 0 Å². The Balaban J connectivity index is 1.94. The van der Waals surface area contributed by atoms with Crippen LogP contribution in [-0.2, 0) is 4.74 Å². The van der Waals surface area contributed by atoms with E-state index in [9.17, 15) is 0 Å². The lowest BCUT2D eigenvalue weighted by Crippen LogP contribution is -2.61. The Morgan fingerprint density at radius 3 is 2.83 bits per heavy atom. The molecular weight excluding hydrogens is 310 g/mol. The molecule has 1 aromatic heterocycles. The highest BCUT2D eigenvalue weighted by Gasteiger charge is 2.49. The van der Waals surface area contributed by atoms with Gasteiger partial charge in [-0.05, 0) is 47.6 Å². The second-order valence-corrected chi connectivity index (χ2v) is 7.38. The van der Waals surface area contributed by atoms with Gasteiger partial charge in [-0.1, -0.05) is 13.8 Å². The molecule has 0 radical (unpaired) electrons. The van der Waals surface area contributed by atoms with Gasteiger partial charge in [0.15, 0.2) is 0 Å². The second-order valence-electron chi connectivity index (χ2n) is 5.57. The Kier molecular flexibility index (Phi) is 4.52. The van der Waals surface area contributed by atoms with Crippen LogP contribution in [0, 0.1) is 5.41 Å². The van der Waals surface area contributed by atoms with Gasteiger partial charge in [-0.25, -0.2) is 0 Å². The number of halogens is 1. The van der Waals surface area contributed by atoms with E-state index in [-0.39, 0.29) is 5.41 Å². The van der Waals surface area contributed by atoms with E-state index in [4.69, 9.17) is 4.74 Å². The van der Waals surface area contributed by atoms with Crippen LogP contribution in [0.2, 0.25) is 0 Å². The van der Waals surface area contributed by atoms with E-state index in [0.717, 1.165) is 13.0 Å². The lowest BCUT2D eigenvalue weighted by molar-refractivity contribution is -0.116. The Bertz CT molecular complexity index is 404. The van der Waals surface area contributed by atoms with Gasteiger partial charge in [0.2, 0.25) is 0 Å². The van der Waals surface area contributed by atoms with E-state index in [1.807, 2.05) is 0 Å². The molecule has 0 bridgehead atoms. The maximum absolute atomic E-state index is 5.77. The molecule has 2 nitrogen and oxygen atoms in total. The fraction of sp³-hybridized carbons (Fsp3) is 0.714. The molecule has 4 heteroatoms. The fourth-order valence-corrected chi connectivity index (χ4v) is 4.38. The van der Waals surface area contributed by atoms with Crippen LogP contribution in [0.1, 0.15) is 45.0 Å². The standard InChI is InChI=1S/C14H22BrNOS/c1-5-17-12-8-11(14(12,3)4)16-9(2)13-10(15)6-7-18-13/h6-7,9,11-12,16H,5,8H2,1-4H3. The molecule has 2 rings (SSSR count). The summed E-state index contributed by atoms with van der Waals surface area (Å²) in [6, 6.07) is 3.05. The molecule has 1 aromatic rings. The van der Waals surface area contributed by atoms with Crippen LogP contribution in [-0.4, -0.2) is 18.8 Å². The van der Waals surface area contributed by atoms with Gasteiger partial charge in [0.05, 0.1) is 6.10 Å².